The van der Waals surface area contributed by atoms with Crippen LogP contribution in [0.3, 0.4) is 0 Å². The van der Waals surface area contributed by atoms with E-state index in [1.165, 1.54) is 6.26 Å². The molecule has 1 heterocycles. The molecule has 144 valence electrons. The molecule has 27 heavy (non-hydrogen) atoms. The first-order valence-electron chi connectivity index (χ1n) is 8.90. The number of sulfonamides is 1. The first-order valence-corrected chi connectivity index (χ1v) is 10.8. The topological polar surface area (TPSA) is 69.7 Å². The van der Waals surface area contributed by atoms with Gasteiger partial charge in [-0.25, -0.2) is 8.42 Å². The highest BCUT2D eigenvalue weighted by Gasteiger charge is 2.21. The minimum absolute atomic E-state index is 0.0180. The molecule has 0 unspecified atom stereocenters. The van der Waals surface area contributed by atoms with Crippen molar-refractivity contribution < 1.29 is 13.2 Å². The Labute approximate surface area is 160 Å². The predicted molar refractivity (Wildman–Crippen MR) is 109 cm³/mol. The Morgan fingerprint density at radius 2 is 1.93 bits per heavy atom. The number of carbonyl (C=O) groups excluding carboxylic acids is 1. The van der Waals surface area contributed by atoms with Gasteiger partial charge in [0.2, 0.25) is 10.0 Å². The molecule has 0 fully saturated rings. The van der Waals surface area contributed by atoms with Crippen LogP contribution < -0.4 is 9.62 Å². The summed E-state index contributed by atoms with van der Waals surface area (Å²) in [5.74, 6) is -0.0180. The third kappa shape index (κ3) is 4.60. The quantitative estimate of drug-likeness (QED) is 0.856. The van der Waals surface area contributed by atoms with Crippen LogP contribution in [0.25, 0.3) is 0 Å². The van der Waals surface area contributed by atoms with Crippen molar-refractivity contribution in [1.29, 1.82) is 0 Å². The lowest BCUT2D eigenvalue weighted by molar-refractivity contribution is 0.0827. The largest absolute Gasteiger partial charge is 0.367 e. The van der Waals surface area contributed by atoms with E-state index in [0.29, 0.717) is 17.8 Å². The predicted octanol–water partition coefficient (Wildman–Crippen LogP) is 2.71. The highest BCUT2D eigenvalue weighted by atomic mass is 32.2. The van der Waals surface area contributed by atoms with Crippen molar-refractivity contribution in [1.82, 2.24) is 4.90 Å². The number of fused-ring (bicyclic) bond motifs is 1. The number of hydrogen-bond acceptors (Lipinski definition) is 4. The third-order valence-corrected chi connectivity index (χ3v) is 5.19. The number of amides is 1. The average Bonchev–Trinajstić information content (AvgIpc) is 2.61. The van der Waals surface area contributed by atoms with Crippen LogP contribution in [0.15, 0.2) is 42.5 Å². The van der Waals surface area contributed by atoms with Crippen molar-refractivity contribution >= 4 is 27.3 Å². The van der Waals surface area contributed by atoms with Crippen LogP contribution in [-0.4, -0.2) is 46.1 Å². The van der Waals surface area contributed by atoms with Gasteiger partial charge in [0, 0.05) is 38.4 Å². The second-order valence-electron chi connectivity index (χ2n) is 7.10. The van der Waals surface area contributed by atoms with Gasteiger partial charge in [-0.15, -0.1) is 0 Å². The molecule has 1 N–H and O–H groups in total. The molecule has 0 bridgehead atoms. The molecule has 0 saturated heterocycles. The first-order chi connectivity index (χ1) is 12.7. The van der Waals surface area contributed by atoms with Crippen LogP contribution in [0.5, 0.6) is 0 Å². The fraction of sp³-hybridized carbons (Fsp3) is 0.350. The van der Waals surface area contributed by atoms with E-state index >= 15 is 0 Å². The summed E-state index contributed by atoms with van der Waals surface area (Å²) in [5, 5.41) is 0. The van der Waals surface area contributed by atoms with E-state index in [-0.39, 0.29) is 5.91 Å². The zero-order valence-corrected chi connectivity index (χ0v) is 16.7. The summed E-state index contributed by atoms with van der Waals surface area (Å²) in [6.07, 6.45) is 2.95. The van der Waals surface area contributed by atoms with Crippen molar-refractivity contribution in [2.45, 2.75) is 19.4 Å². The molecule has 0 atom stereocenters. The molecule has 0 saturated carbocycles. The molecular formula is C20H25N3O3S. The Kier molecular flexibility index (Phi) is 5.41. The SMILES string of the molecule is CN(C)C(=O)c1cccc(CN2CCCc3c(NS(C)(=O)=O)cccc32)c1. The van der Waals surface area contributed by atoms with Gasteiger partial charge in [0.05, 0.1) is 11.9 Å². The van der Waals surface area contributed by atoms with Crippen molar-refractivity contribution in [2.24, 2.45) is 0 Å². The molecule has 0 aromatic heterocycles. The maximum Gasteiger partial charge on any atom is 0.253 e. The van der Waals surface area contributed by atoms with Gasteiger partial charge in [0.25, 0.3) is 5.91 Å². The number of nitrogens with zero attached hydrogens (tertiary/aromatic N) is 2. The molecule has 6 nitrogen and oxygen atoms in total. The number of benzene rings is 2. The Hall–Kier alpha value is -2.54. The summed E-state index contributed by atoms with van der Waals surface area (Å²) >= 11 is 0. The molecule has 1 amide bonds. The molecular weight excluding hydrogens is 362 g/mol. The zero-order valence-electron chi connectivity index (χ0n) is 15.9. The van der Waals surface area contributed by atoms with Crippen molar-refractivity contribution in [2.75, 3.05) is 36.5 Å². The lowest BCUT2D eigenvalue weighted by atomic mass is 9.99. The van der Waals surface area contributed by atoms with Crippen LogP contribution >= 0.6 is 0 Å². The minimum atomic E-state index is -3.32. The second kappa shape index (κ2) is 7.60. The lowest BCUT2D eigenvalue weighted by Gasteiger charge is -2.32. The van der Waals surface area contributed by atoms with E-state index < -0.39 is 10.0 Å². The summed E-state index contributed by atoms with van der Waals surface area (Å²) in [6, 6.07) is 13.4. The van der Waals surface area contributed by atoms with Crippen molar-refractivity contribution in [3.8, 4) is 0 Å². The standard InChI is InChI=1S/C20H25N3O3S/c1-22(2)20(24)16-8-4-7-15(13-16)14-23-12-6-9-17-18(21-27(3,25)26)10-5-11-19(17)23/h4-5,7-8,10-11,13,21H,6,9,12,14H2,1-3H3. The number of rotatable bonds is 5. The van der Waals surface area contributed by atoms with Gasteiger partial charge in [-0.3, -0.25) is 9.52 Å². The molecule has 7 heteroatoms. The van der Waals surface area contributed by atoms with E-state index in [2.05, 4.69) is 9.62 Å². The molecule has 1 aliphatic heterocycles. The van der Waals surface area contributed by atoms with E-state index in [0.717, 1.165) is 36.2 Å². The second-order valence-corrected chi connectivity index (χ2v) is 8.85. The smallest absolute Gasteiger partial charge is 0.253 e. The third-order valence-electron chi connectivity index (χ3n) is 4.60. The van der Waals surface area contributed by atoms with Crippen molar-refractivity contribution in [3.05, 3.63) is 59.2 Å². The number of anilines is 2. The molecule has 0 radical (unpaired) electrons. The molecule has 0 spiro atoms. The molecule has 2 aromatic carbocycles. The minimum Gasteiger partial charge on any atom is -0.367 e. The number of hydrogen-bond donors (Lipinski definition) is 1. The van der Waals surface area contributed by atoms with Crippen LogP contribution in [-0.2, 0) is 23.0 Å². The molecule has 0 aliphatic carbocycles. The summed E-state index contributed by atoms with van der Waals surface area (Å²) in [4.78, 5) is 16.0. The van der Waals surface area contributed by atoms with E-state index in [9.17, 15) is 13.2 Å². The maximum atomic E-state index is 12.2. The number of carbonyl (C=O) groups is 1. The van der Waals surface area contributed by atoms with Crippen LogP contribution in [0.1, 0.15) is 27.9 Å². The van der Waals surface area contributed by atoms with Crippen LogP contribution in [0.4, 0.5) is 11.4 Å². The van der Waals surface area contributed by atoms with Gasteiger partial charge in [0.15, 0.2) is 0 Å². The lowest BCUT2D eigenvalue weighted by Crippen LogP contribution is -2.29. The average molecular weight is 388 g/mol. The normalized spacial score (nSPS) is 13.8. The fourth-order valence-electron chi connectivity index (χ4n) is 3.44. The van der Waals surface area contributed by atoms with Crippen LogP contribution in [0, 0.1) is 0 Å². The van der Waals surface area contributed by atoms with E-state index in [1.54, 1.807) is 25.1 Å². The van der Waals surface area contributed by atoms with Gasteiger partial charge in [-0.2, -0.15) is 0 Å². The van der Waals surface area contributed by atoms with Crippen LogP contribution in [0.2, 0.25) is 0 Å². The van der Waals surface area contributed by atoms with Crippen molar-refractivity contribution in [3.63, 3.8) is 0 Å². The first kappa shape index (κ1) is 19.2. The Bertz CT molecular complexity index is 955. The molecule has 3 rings (SSSR count). The fourth-order valence-corrected chi connectivity index (χ4v) is 4.03. The van der Waals surface area contributed by atoms with Gasteiger partial charge < -0.3 is 9.80 Å². The Morgan fingerprint density at radius 1 is 1.19 bits per heavy atom. The van der Waals surface area contributed by atoms with Gasteiger partial charge in [-0.1, -0.05) is 18.2 Å². The van der Waals surface area contributed by atoms with Gasteiger partial charge >= 0.3 is 0 Å². The summed E-state index contributed by atoms with van der Waals surface area (Å²) in [6.45, 7) is 1.56. The highest BCUT2D eigenvalue weighted by Crippen LogP contribution is 2.34. The summed E-state index contributed by atoms with van der Waals surface area (Å²) < 4.78 is 25.9. The monoisotopic (exact) mass is 387 g/mol. The van der Waals surface area contributed by atoms with E-state index in [1.807, 2.05) is 36.4 Å². The molecule has 2 aromatic rings. The Balaban J connectivity index is 1.88. The van der Waals surface area contributed by atoms with Gasteiger partial charge in [0.1, 0.15) is 0 Å². The van der Waals surface area contributed by atoms with Gasteiger partial charge in [-0.05, 0) is 48.2 Å². The Morgan fingerprint density at radius 3 is 2.63 bits per heavy atom. The summed E-state index contributed by atoms with van der Waals surface area (Å²) in [7, 11) is 0.164. The maximum absolute atomic E-state index is 12.2. The van der Waals surface area contributed by atoms with E-state index in [4.69, 9.17) is 0 Å². The number of nitrogens with one attached hydrogen (secondary N) is 1. The highest BCUT2D eigenvalue weighted by molar-refractivity contribution is 7.92. The molecule has 1 aliphatic rings. The zero-order chi connectivity index (χ0) is 19.6. The summed E-state index contributed by atoms with van der Waals surface area (Å²) in [5.41, 5.74) is 4.43.